The minimum absolute atomic E-state index is 0.130. The molecule has 0 radical (unpaired) electrons. The lowest BCUT2D eigenvalue weighted by Gasteiger charge is -2.28. The van der Waals surface area contributed by atoms with Crippen molar-refractivity contribution in [2.45, 2.75) is 39.3 Å². The van der Waals surface area contributed by atoms with Crippen molar-refractivity contribution in [2.24, 2.45) is 0 Å². The molecule has 2 aromatic heterocycles. The van der Waals surface area contributed by atoms with Gasteiger partial charge in [-0.25, -0.2) is 0 Å². The predicted octanol–water partition coefficient (Wildman–Crippen LogP) is 2.17. The molecule has 0 aliphatic carbocycles. The fourth-order valence-electron chi connectivity index (χ4n) is 3.19. The molecule has 1 N–H and O–H groups in total. The largest absolute Gasteiger partial charge is 0.464 e. The average Bonchev–Trinajstić information content (AvgIpc) is 3.09. The van der Waals surface area contributed by atoms with Crippen molar-refractivity contribution in [3.05, 3.63) is 33.8 Å². The molecule has 0 unspecified atom stereocenters. The molecule has 0 spiro atoms. The second-order valence-electron chi connectivity index (χ2n) is 6.70. The molecule has 0 bridgehead atoms. The first-order valence-corrected chi connectivity index (χ1v) is 9.09. The lowest BCUT2D eigenvalue weighted by molar-refractivity contribution is -0.385. The van der Waals surface area contributed by atoms with Crippen molar-refractivity contribution < 1.29 is 9.66 Å². The first-order chi connectivity index (χ1) is 13.0. The number of nitrogens with one attached hydrogen (secondary N) is 1. The van der Waals surface area contributed by atoms with Crippen LogP contribution in [0.15, 0.2) is 12.4 Å². The van der Waals surface area contributed by atoms with E-state index >= 15 is 0 Å². The van der Waals surface area contributed by atoms with Gasteiger partial charge in [0, 0.05) is 18.3 Å². The van der Waals surface area contributed by atoms with Gasteiger partial charge in [-0.05, 0) is 46.8 Å². The Labute approximate surface area is 157 Å². The van der Waals surface area contributed by atoms with Crippen molar-refractivity contribution in [1.29, 1.82) is 0 Å². The molecule has 146 valence electrons. The molecular weight excluding hydrogens is 350 g/mol. The summed E-state index contributed by atoms with van der Waals surface area (Å²) in [7, 11) is 2.13. The number of ether oxygens (including phenoxy) is 1. The molecule has 0 amide bonds. The highest BCUT2D eigenvalue weighted by Gasteiger charge is 2.23. The maximum atomic E-state index is 11.4. The number of hydrogen-bond donors (Lipinski definition) is 1. The number of aromatic nitrogens is 4. The second-order valence-corrected chi connectivity index (χ2v) is 6.70. The van der Waals surface area contributed by atoms with Crippen molar-refractivity contribution in [2.75, 3.05) is 32.1 Å². The van der Waals surface area contributed by atoms with Crippen molar-refractivity contribution in [1.82, 2.24) is 24.6 Å². The highest BCUT2D eigenvalue weighted by atomic mass is 16.6. The van der Waals surface area contributed by atoms with Crippen LogP contribution in [0.4, 0.5) is 11.5 Å². The molecule has 1 aliphatic rings. The van der Waals surface area contributed by atoms with E-state index in [1.165, 1.54) is 0 Å². The van der Waals surface area contributed by atoms with Gasteiger partial charge in [0.1, 0.15) is 5.69 Å². The Morgan fingerprint density at radius 2 is 2.11 bits per heavy atom. The van der Waals surface area contributed by atoms with Crippen molar-refractivity contribution >= 4 is 11.5 Å². The van der Waals surface area contributed by atoms with Crippen LogP contribution in [-0.4, -0.2) is 56.3 Å². The van der Waals surface area contributed by atoms with Crippen LogP contribution in [0.3, 0.4) is 0 Å². The fourth-order valence-corrected chi connectivity index (χ4v) is 3.19. The Morgan fingerprint density at radius 3 is 2.78 bits per heavy atom. The van der Waals surface area contributed by atoms with Crippen LogP contribution < -0.4 is 10.1 Å². The molecule has 0 atom stereocenters. The smallest absolute Gasteiger partial charge is 0.332 e. The molecular formula is C17H25N7O3. The Kier molecular flexibility index (Phi) is 5.84. The monoisotopic (exact) mass is 375 g/mol. The van der Waals surface area contributed by atoms with E-state index in [0.717, 1.165) is 31.5 Å². The van der Waals surface area contributed by atoms with Crippen LogP contribution in [0.25, 0.3) is 0 Å². The summed E-state index contributed by atoms with van der Waals surface area (Å²) in [4.78, 5) is 21.4. The average molecular weight is 375 g/mol. The van der Waals surface area contributed by atoms with E-state index in [1.54, 1.807) is 13.1 Å². The van der Waals surface area contributed by atoms with Crippen LogP contribution in [0, 0.1) is 17.0 Å². The normalized spacial score (nSPS) is 15.7. The van der Waals surface area contributed by atoms with Gasteiger partial charge in [-0.15, -0.1) is 0 Å². The summed E-state index contributed by atoms with van der Waals surface area (Å²) in [6, 6.07) is 0.528. The summed E-state index contributed by atoms with van der Waals surface area (Å²) in [6.07, 6.45) is 5.92. The molecule has 1 saturated heterocycles. The summed E-state index contributed by atoms with van der Waals surface area (Å²) in [5.74, 6) is 0.156. The maximum absolute atomic E-state index is 11.4. The van der Waals surface area contributed by atoms with Gasteiger partial charge in [-0.2, -0.15) is 15.1 Å². The zero-order valence-corrected chi connectivity index (χ0v) is 15.9. The fraction of sp³-hybridized carbons (Fsp3) is 0.588. The van der Waals surface area contributed by atoms with E-state index < -0.39 is 4.92 Å². The number of nitrogens with zero attached hydrogens (tertiary/aromatic N) is 6. The summed E-state index contributed by atoms with van der Waals surface area (Å²) >= 11 is 0. The van der Waals surface area contributed by atoms with Crippen LogP contribution in [0.2, 0.25) is 0 Å². The molecule has 0 saturated carbocycles. The number of nitro groups is 1. The summed E-state index contributed by atoms with van der Waals surface area (Å²) < 4.78 is 7.30. The minimum Gasteiger partial charge on any atom is -0.464 e. The highest BCUT2D eigenvalue weighted by molar-refractivity contribution is 5.59. The lowest BCUT2D eigenvalue weighted by Crippen LogP contribution is -2.31. The van der Waals surface area contributed by atoms with Gasteiger partial charge in [0.2, 0.25) is 5.82 Å². The quantitative estimate of drug-likeness (QED) is 0.579. The zero-order chi connectivity index (χ0) is 19.4. The number of likely N-dealkylation sites (tertiary alicyclic amines) is 1. The number of aryl methyl sites for hydroxylation is 1. The van der Waals surface area contributed by atoms with Gasteiger partial charge >= 0.3 is 11.7 Å². The van der Waals surface area contributed by atoms with Crippen molar-refractivity contribution in [3.8, 4) is 6.01 Å². The van der Waals surface area contributed by atoms with Crippen LogP contribution in [0.5, 0.6) is 6.01 Å². The molecule has 0 aromatic carbocycles. The molecule has 10 heteroatoms. The van der Waals surface area contributed by atoms with E-state index in [2.05, 4.69) is 32.3 Å². The first-order valence-electron chi connectivity index (χ1n) is 9.09. The van der Waals surface area contributed by atoms with E-state index in [1.807, 2.05) is 17.8 Å². The summed E-state index contributed by atoms with van der Waals surface area (Å²) in [5.41, 5.74) is 1.07. The number of piperidine rings is 1. The van der Waals surface area contributed by atoms with E-state index in [4.69, 9.17) is 4.74 Å². The standard InChI is InChI=1S/C17H25N7O3/c1-4-27-17-20-12(2)15(24(25)26)16(21-17)18-9-13-10-19-23(11-13)14-5-7-22(3)8-6-14/h10-11,14H,4-9H2,1-3H3,(H,18,20,21). The van der Waals surface area contributed by atoms with Gasteiger partial charge in [-0.1, -0.05) is 0 Å². The lowest BCUT2D eigenvalue weighted by atomic mass is 10.1. The Morgan fingerprint density at radius 1 is 1.37 bits per heavy atom. The van der Waals surface area contributed by atoms with E-state index in [0.29, 0.717) is 19.2 Å². The maximum Gasteiger partial charge on any atom is 0.332 e. The third kappa shape index (κ3) is 4.51. The molecule has 1 fully saturated rings. The van der Waals surface area contributed by atoms with Gasteiger partial charge in [0.05, 0.1) is 23.8 Å². The van der Waals surface area contributed by atoms with E-state index in [9.17, 15) is 10.1 Å². The van der Waals surface area contributed by atoms with Gasteiger partial charge in [0.25, 0.3) is 0 Å². The minimum atomic E-state index is -0.477. The summed E-state index contributed by atoms with van der Waals surface area (Å²) in [6.45, 7) is 6.28. The predicted molar refractivity (Wildman–Crippen MR) is 99.9 cm³/mol. The Hall–Kier alpha value is -2.75. The van der Waals surface area contributed by atoms with Gasteiger partial charge < -0.3 is 15.0 Å². The zero-order valence-electron chi connectivity index (χ0n) is 15.9. The molecule has 2 aromatic rings. The Bertz CT molecular complexity index is 800. The van der Waals surface area contributed by atoms with Gasteiger partial charge in [0.15, 0.2) is 0 Å². The molecule has 3 heterocycles. The second kappa shape index (κ2) is 8.30. The number of hydrogen-bond acceptors (Lipinski definition) is 8. The van der Waals surface area contributed by atoms with Crippen molar-refractivity contribution in [3.63, 3.8) is 0 Å². The topological polar surface area (TPSA) is 111 Å². The van der Waals surface area contributed by atoms with Crippen LogP contribution >= 0.6 is 0 Å². The van der Waals surface area contributed by atoms with Crippen LogP contribution in [-0.2, 0) is 6.54 Å². The SMILES string of the molecule is CCOc1nc(C)c([N+](=O)[O-])c(NCc2cnn(C3CCN(C)CC3)c2)n1. The third-order valence-electron chi connectivity index (χ3n) is 4.67. The Balaban J connectivity index is 1.72. The molecule has 27 heavy (non-hydrogen) atoms. The third-order valence-corrected chi connectivity index (χ3v) is 4.67. The van der Waals surface area contributed by atoms with Gasteiger partial charge in [-0.3, -0.25) is 14.8 Å². The first kappa shape index (κ1) is 19.0. The number of rotatable bonds is 7. The molecule has 10 nitrogen and oxygen atoms in total. The van der Waals surface area contributed by atoms with E-state index in [-0.39, 0.29) is 23.2 Å². The summed E-state index contributed by atoms with van der Waals surface area (Å²) in [5, 5.41) is 18.9. The highest BCUT2D eigenvalue weighted by Crippen LogP contribution is 2.28. The number of anilines is 1. The molecule has 3 rings (SSSR count). The van der Waals surface area contributed by atoms with Crippen LogP contribution in [0.1, 0.15) is 37.1 Å². The molecule has 1 aliphatic heterocycles.